The summed E-state index contributed by atoms with van der Waals surface area (Å²) in [5.74, 6) is -2.85. The van der Waals surface area contributed by atoms with E-state index in [1.54, 1.807) is 0 Å². The summed E-state index contributed by atoms with van der Waals surface area (Å²) in [6, 6.07) is 7.00. The van der Waals surface area contributed by atoms with E-state index in [4.69, 9.17) is 32.0 Å². The molecule has 0 aliphatic carbocycles. The smallest absolute Gasteiger partial charge is 0.335 e. The standard InChI is InChI=1S/C16H25ClN2.C4H6O6/c1-12(2)10-19(15-7-8-18-9-15)11-14-6-4-5-13(3)16(14)17;5-1(3(7)8)2(6)4(9)10/h4-6,12,15,18H,7-11H2,1-3H3;1-2,5-6H,(H,7,8)(H,9,10)/t15-;/m1./s1. The number of aliphatic hydroxyl groups is 2. The van der Waals surface area contributed by atoms with Crippen LogP contribution in [0.5, 0.6) is 0 Å². The topological polar surface area (TPSA) is 130 Å². The van der Waals surface area contributed by atoms with Crippen LogP contribution in [0.2, 0.25) is 5.02 Å². The molecule has 1 saturated heterocycles. The summed E-state index contributed by atoms with van der Waals surface area (Å²) in [6.45, 7) is 11.0. The molecule has 1 aromatic carbocycles. The molecule has 0 radical (unpaired) electrons. The van der Waals surface area contributed by atoms with Gasteiger partial charge in [-0.2, -0.15) is 0 Å². The maximum absolute atomic E-state index is 9.77. The van der Waals surface area contributed by atoms with E-state index in [0.29, 0.717) is 12.0 Å². The summed E-state index contributed by atoms with van der Waals surface area (Å²) in [5.41, 5.74) is 2.43. The maximum Gasteiger partial charge on any atom is 0.335 e. The molecule has 1 aliphatic rings. The molecule has 2 unspecified atom stereocenters. The molecule has 0 saturated carbocycles. The van der Waals surface area contributed by atoms with Crippen LogP contribution in [0.15, 0.2) is 18.2 Å². The number of aliphatic hydroxyl groups excluding tert-OH is 2. The Labute approximate surface area is 176 Å². The van der Waals surface area contributed by atoms with Crippen LogP contribution in [0.3, 0.4) is 0 Å². The molecule has 2 rings (SSSR count). The Morgan fingerprint density at radius 2 is 1.79 bits per heavy atom. The highest BCUT2D eigenvalue weighted by molar-refractivity contribution is 6.32. The molecule has 164 valence electrons. The molecule has 3 atom stereocenters. The van der Waals surface area contributed by atoms with Gasteiger partial charge in [-0.05, 0) is 36.9 Å². The van der Waals surface area contributed by atoms with Crippen molar-refractivity contribution >= 4 is 23.5 Å². The molecule has 8 nitrogen and oxygen atoms in total. The number of halogens is 1. The van der Waals surface area contributed by atoms with Crippen molar-refractivity contribution in [3.8, 4) is 0 Å². The second-order valence-electron chi connectivity index (χ2n) is 7.58. The van der Waals surface area contributed by atoms with Gasteiger partial charge in [0.1, 0.15) is 0 Å². The van der Waals surface area contributed by atoms with Crippen LogP contribution in [0, 0.1) is 12.8 Å². The van der Waals surface area contributed by atoms with Gasteiger partial charge in [0.2, 0.25) is 0 Å². The number of hydrogen-bond donors (Lipinski definition) is 5. The van der Waals surface area contributed by atoms with Gasteiger partial charge < -0.3 is 25.7 Å². The molecule has 9 heteroatoms. The maximum atomic E-state index is 9.77. The van der Waals surface area contributed by atoms with Crippen molar-refractivity contribution in [2.45, 2.75) is 52.0 Å². The van der Waals surface area contributed by atoms with Crippen molar-refractivity contribution in [3.05, 3.63) is 34.3 Å². The number of carboxylic acids is 2. The lowest BCUT2D eigenvalue weighted by Crippen LogP contribution is -2.39. The molecular weight excluding hydrogens is 400 g/mol. The monoisotopic (exact) mass is 430 g/mol. The van der Waals surface area contributed by atoms with Gasteiger partial charge in [0.25, 0.3) is 0 Å². The molecule has 29 heavy (non-hydrogen) atoms. The van der Waals surface area contributed by atoms with Crippen LogP contribution in [0.4, 0.5) is 0 Å². The Bertz CT molecular complexity index is 661. The van der Waals surface area contributed by atoms with E-state index in [2.05, 4.69) is 49.2 Å². The lowest BCUT2D eigenvalue weighted by atomic mass is 10.1. The predicted molar refractivity (Wildman–Crippen MR) is 110 cm³/mol. The van der Waals surface area contributed by atoms with Crippen LogP contribution in [-0.2, 0) is 16.1 Å². The number of aliphatic carboxylic acids is 2. The number of hydrogen-bond acceptors (Lipinski definition) is 6. The molecule has 1 heterocycles. The second-order valence-corrected chi connectivity index (χ2v) is 7.96. The van der Waals surface area contributed by atoms with Gasteiger partial charge >= 0.3 is 11.9 Å². The molecule has 1 fully saturated rings. The van der Waals surface area contributed by atoms with Crippen LogP contribution in [0.25, 0.3) is 0 Å². The Morgan fingerprint density at radius 3 is 2.24 bits per heavy atom. The van der Waals surface area contributed by atoms with E-state index in [0.717, 1.165) is 31.2 Å². The third kappa shape index (κ3) is 8.28. The quantitative estimate of drug-likeness (QED) is 0.417. The van der Waals surface area contributed by atoms with E-state index >= 15 is 0 Å². The highest BCUT2D eigenvalue weighted by atomic mass is 35.5. The molecule has 1 aliphatic heterocycles. The molecule has 1 aromatic rings. The van der Waals surface area contributed by atoms with Gasteiger partial charge in [0, 0.05) is 30.7 Å². The number of nitrogens with zero attached hydrogens (tertiary/aromatic N) is 1. The highest BCUT2D eigenvalue weighted by Gasteiger charge is 2.29. The number of carbonyl (C=O) groups is 2. The first-order valence-electron chi connectivity index (χ1n) is 9.55. The first-order chi connectivity index (χ1) is 13.5. The van der Waals surface area contributed by atoms with Crippen molar-refractivity contribution in [2.24, 2.45) is 5.92 Å². The zero-order valence-electron chi connectivity index (χ0n) is 17.0. The number of carboxylic acid groups (broad SMARTS) is 2. The summed E-state index contributed by atoms with van der Waals surface area (Å²) < 4.78 is 0. The van der Waals surface area contributed by atoms with Crippen LogP contribution in [-0.4, -0.2) is 75.1 Å². The molecule has 0 bridgehead atoms. The number of nitrogens with one attached hydrogen (secondary N) is 1. The van der Waals surface area contributed by atoms with Crippen LogP contribution in [0.1, 0.15) is 31.4 Å². The summed E-state index contributed by atoms with van der Waals surface area (Å²) in [5, 5.41) is 36.9. The second kappa shape index (κ2) is 12.1. The summed E-state index contributed by atoms with van der Waals surface area (Å²) >= 11 is 6.44. The third-order valence-corrected chi connectivity index (χ3v) is 5.14. The summed E-state index contributed by atoms with van der Waals surface area (Å²) in [4.78, 5) is 22.1. The predicted octanol–water partition coefficient (Wildman–Crippen LogP) is 1.35. The fourth-order valence-corrected chi connectivity index (χ4v) is 3.27. The largest absolute Gasteiger partial charge is 0.479 e. The van der Waals surface area contributed by atoms with Gasteiger partial charge in [-0.1, -0.05) is 43.6 Å². The fraction of sp³-hybridized carbons (Fsp3) is 0.600. The average Bonchev–Trinajstić information content (AvgIpc) is 3.18. The lowest BCUT2D eigenvalue weighted by molar-refractivity contribution is -0.165. The van der Waals surface area contributed by atoms with E-state index in [1.165, 1.54) is 17.5 Å². The normalized spacial score (nSPS) is 18.3. The van der Waals surface area contributed by atoms with E-state index in [1.807, 2.05) is 0 Å². The number of benzene rings is 1. The minimum absolute atomic E-state index is 0.652. The van der Waals surface area contributed by atoms with E-state index in [9.17, 15) is 9.59 Å². The average molecular weight is 431 g/mol. The zero-order chi connectivity index (χ0) is 22.1. The Kier molecular flexibility index (Phi) is 10.6. The van der Waals surface area contributed by atoms with Crippen molar-refractivity contribution in [3.63, 3.8) is 0 Å². The van der Waals surface area contributed by atoms with Gasteiger partial charge in [-0.25, -0.2) is 9.59 Å². The van der Waals surface area contributed by atoms with E-state index < -0.39 is 24.1 Å². The molecule has 0 amide bonds. The summed E-state index contributed by atoms with van der Waals surface area (Å²) in [6.07, 6.45) is -3.29. The van der Waals surface area contributed by atoms with Crippen molar-refractivity contribution in [2.75, 3.05) is 19.6 Å². The first kappa shape index (κ1) is 25.3. The molecule has 5 N–H and O–H groups in total. The number of aryl methyl sites for hydroxylation is 1. The van der Waals surface area contributed by atoms with E-state index in [-0.39, 0.29) is 0 Å². The van der Waals surface area contributed by atoms with Crippen molar-refractivity contribution in [1.29, 1.82) is 0 Å². The minimum Gasteiger partial charge on any atom is -0.479 e. The SMILES string of the molecule is Cc1cccc(CN(CC(C)C)[C@@H]2CCNC2)c1Cl.O=C(O)C(O)C(O)C(=O)O. The van der Waals surface area contributed by atoms with Gasteiger partial charge in [0.15, 0.2) is 12.2 Å². The number of rotatable bonds is 8. The van der Waals surface area contributed by atoms with Crippen molar-refractivity contribution in [1.82, 2.24) is 10.2 Å². The first-order valence-corrected chi connectivity index (χ1v) is 9.92. The zero-order valence-corrected chi connectivity index (χ0v) is 17.8. The van der Waals surface area contributed by atoms with Gasteiger partial charge in [-0.3, -0.25) is 4.90 Å². The van der Waals surface area contributed by atoms with Gasteiger partial charge in [0.05, 0.1) is 0 Å². The Balaban J connectivity index is 0.000000359. The van der Waals surface area contributed by atoms with Gasteiger partial charge in [-0.15, -0.1) is 0 Å². The fourth-order valence-electron chi connectivity index (χ4n) is 3.08. The van der Waals surface area contributed by atoms with Crippen LogP contribution < -0.4 is 5.32 Å². The highest BCUT2D eigenvalue weighted by Crippen LogP contribution is 2.24. The molecule has 0 aromatic heterocycles. The molecule has 0 spiro atoms. The lowest BCUT2D eigenvalue weighted by Gasteiger charge is -2.30. The Morgan fingerprint density at radius 1 is 1.21 bits per heavy atom. The molecular formula is C20H31ClN2O6. The van der Waals surface area contributed by atoms with Crippen LogP contribution >= 0.6 is 11.6 Å². The van der Waals surface area contributed by atoms with Crippen molar-refractivity contribution < 1.29 is 30.0 Å². The minimum atomic E-state index is -2.27. The third-order valence-electron chi connectivity index (χ3n) is 4.60. The summed E-state index contributed by atoms with van der Waals surface area (Å²) in [7, 11) is 0. The Hall–Kier alpha value is -1.71.